The number of rotatable bonds is 10. The average molecular weight is 658 g/mol. The SMILES string of the molecule is C/C(OS(=O)(=O)C(F)(F)F)=C(/COC[Si](C)(C)C)I(OS(=O)(=O)C(F)(F)F)c1ccccc1. The van der Waals surface area contributed by atoms with Crippen LogP contribution >= 0.6 is 20.2 Å². The summed E-state index contributed by atoms with van der Waals surface area (Å²) in [6.45, 7) is 5.62. The Morgan fingerprint density at radius 3 is 1.82 bits per heavy atom. The first-order valence-corrected chi connectivity index (χ1v) is 18.3. The number of allylic oxidation sites excluding steroid dienone is 1. The fourth-order valence-electron chi connectivity index (χ4n) is 1.83. The first kappa shape index (κ1) is 30.1. The second-order valence-electron chi connectivity index (χ2n) is 7.50. The van der Waals surface area contributed by atoms with Gasteiger partial charge in [-0.3, -0.25) is 0 Å². The Bertz CT molecular complexity index is 1050. The normalized spacial score (nSPS) is 15.2. The van der Waals surface area contributed by atoms with Crippen LogP contribution in [0.15, 0.2) is 39.7 Å². The van der Waals surface area contributed by atoms with Crippen LogP contribution in [0.25, 0.3) is 0 Å². The third kappa shape index (κ3) is 9.00. The molecule has 0 fully saturated rings. The molecule has 0 N–H and O–H groups in total. The van der Waals surface area contributed by atoms with E-state index in [1.807, 2.05) is 19.6 Å². The number of benzene rings is 1. The molecule has 0 saturated heterocycles. The molecule has 0 atom stereocenters. The quantitative estimate of drug-likeness (QED) is 0.0859. The zero-order valence-corrected chi connectivity index (χ0v) is 22.4. The molecule has 7 nitrogen and oxygen atoms in total. The van der Waals surface area contributed by atoms with Crippen LogP contribution in [0.1, 0.15) is 6.92 Å². The topological polar surface area (TPSA) is 96.0 Å². The van der Waals surface area contributed by atoms with E-state index < -0.39 is 75.5 Å². The van der Waals surface area contributed by atoms with Crippen molar-refractivity contribution in [2.45, 2.75) is 37.6 Å². The van der Waals surface area contributed by atoms with Gasteiger partial charge in [-0.2, -0.15) is 0 Å². The van der Waals surface area contributed by atoms with E-state index in [-0.39, 0.29) is 9.80 Å². The summed E-state index contributed by atoms with van der Waals surface area (Å²) in [5.41, 5.74) is -11.7. The van der Waals surface area contributed by atoms with Crippen LogP contribution in [0.4, 0.5) is 26.3 Å². The number of alkyl halides is 6. The van der Waals surface area contributed by atoms with Crippen molar-refractivity contribution in [2.75, 3.05) is 12.8 Å². The summed E-state index contributed by atoms with van der Waals surface area (Å²) in [6.07, 6.45) is 0.0839. The summed E-state index contributed by atoms with van der Waals surface area (Å²) in [4.78, 5) is 0. The van der Waals surface area contributed by atoms with E-state index >= 15 is 0 Å². The Balaban J connectivity index is 3.64. The molecule has 0 bridgehead atoms. The average Bonchev–Trinajstić information content (AvgIpc) is 2.61. The Morgan fingerprint density at radius 1 is 0.909 bits per heavy atom. The van der Waals surface area contributed by atoms with Crippen LogP contribution in [0.2, 0.25) is 19.6 Å². The van der Waals surface area contributed by atoms with Gasteiger partial charge in [-0.25, -0.2) is 0 Å². The van der Waals surface area contributed by atoms with Gasteiger partial charge in [-0.15, -0.1) is 0 Å². The standard InChI is InChI=1S/C16H21F6IO7S2Si/c1-12(29-31(24,25)15(17,18)19)14(10-28-11-33(2,3)4)23(13-8-6-5-7-9-13)30-32(26,27)16(20,21)22/h5-9H,10-11H2,1-4H3/b14-12+. The van der Waals surface area contributed by atoms with Gasteiger partial charge in [0, 0.05) is 0 Å². The number of halogens is 7. The van der Waals surface area contributed by atoms with Crippen molar-refractivity contribution >= 4 is 48.5 Å². The van der Waals surface area contributed by atoms with Gasteiger partial charge in [-0.1, -0.05) is 0 Å². The number of hydrogen-bond donors (Lipinski definition) is 0. The van der Waals surface area contributed by atoms with Crippen LogP contribution in [-0.2, 0) is 31.7 Å². The molecule has 0 aliphatic carbocycles. The van der Waals surface area contributed by atoms with Crippen molar-refractivity contribution in [1.29, 1.82) is 0 Å². The van der Waals surface area contributed by atoms with Crippen molar-refractivity contribution in [1.82, 2.24) is 0 Å². The molecule has 1 rings (SSSR count). The Labute approximate surface area is 196 Å². The fraction of sp³-hybridized carbons (Fsp3) is 0.500. The third-order valence-corrected chi connectivity index (χ3v) is 12.8. The van der Waals surface area contributed by atoms with Gasteiger partial charge in [0.15, 0.2) is 0 Å². The molecule has 0 unspecified atom stereocenters. The van der Waals surface area contributed by atoms with Crippen LogP contribution in [0.5, 0.6) is 0 Å². The summed E-state index contributed by atoms with van der Waals surface area (Å²) in [7, 11) is -14.3. The monoisotopic (exact) mass is 658 g/mol. The van der Waals surface area contributed by atoms with Gasteiger partial charge in [-0.05, 0) is 0 Å². The number of ether oxygens (including phenoxy) is 1. The van der Waals surface area contributed by atoms with E-state index in [4.69, 9.17) is 4.74 Å². The number of hydrogen-bond acceptors (Lipinski definition) is 7. The molecule has 1 aromatic carbocycles. The van der Waals surface area contributed by atoms with Crippen LogP contribution in [0.3, 0.4) is 0 Å². The van der Waals surface area contributed by atoms with Crippen molar-refractivity contribution in [2.24, 2.45) is 0 Å². The Kier molecular flexibility index (Phi) is 9.86. The minimum atomic E-state index is -6.19. The summed E-state index contributed by atoms with van der Waals surface area (Å²) in [5, 5.41) is 0. The van der Waals surface area contributed by atoms with E-state index in [2.05, 4.69) is 6.70 Å². The molecule has 33 heavy (non-hydrogen) atoms. The minimum absolute atomic E-state index is 0.0755. The van der Waals surface area contributed by atoms with Crippen molar-refractivity contribution < 1.29 is 54.6 Å². The molecular formula is C16H21F6IO7S2Si. The molecule has 17 heteroatoms. The second-order valence-corrected chi connectivity index (χ2v) is 21.0. The van der Waals surface area contributed by atoms with E-state index in [1.165, 1.54) is 30.3 Å². The summed E-state index contributed by atoms with van der Waals surface area (Å²) >= 11 is -4.25. The molecule has 0 radical (unpaired) electrons. The van der Waals surface area contributed by atoms with E-state index in [0.29, 0.717) is 0 Å². The molecule has 0 aliphatic rings. The predicted octanol–water partition coefficient (Wildman–Crippen LogP) is 5.14. The van der Waals surface area contributed by atoms with Crippen LogP contribution < -0.4 is 0 Å². The van der Waals surface area contributed by atoms with Gasteiger partial charge in [0.25, 0.3) is 0 Å². The van der Waals surface area contributed by atoms with E-state index in [1.54, 1.807) is 0 Å². The summed E-state index contributed by atoms with van der Waals surface area (Å²) < 4.78 is 137. The second kappa shape index (κ2) is 10.8. The Morgan fingerprint density at radius 2 is 1.39 bits per heavy atom. The molecule has 0 aromatic heterocycles. The Hall–Kier alpha value is -0.893. The van der Waals surface area contributed by atoms with Crippen LogP contribution in [-0.4, -0.2) is 48.8 Å². The zero-order valence-electron chi connectivity index (χ0n) is 17.6. The first-order valence-electron chi connectivity index (χ1n) is 8.72. The molecular weight excluding hydrogens is 637 g/mol. The molecule has 192 valence electrons. The molecule has 0 spiro atoms. The summed E-state index contributed by atoms with van der Waals surface area (Å²) in [5.74, 6) is -0.977. The van der Waals surface area contributed by atoms with Crippen molar-refractivity contribution in [3.05, 3.63) is 43.2 Å². The zero-order chi connectivity index (χ0) is 25.9. The molecule has 1 aromatic rings. The molecule has 0 amide bonds. The first-order chi connectivity index (χ1) is 14.7. The van der Waals surface area contributed by atoms with Gasteiger partial charge in [0.1, 0.15) is 0 Å². The van der Waals surface area contributed by atoms with E-state index in [0.717, 1.165) is 6.92 Å². The van der Waals surface area contributed by atoms with E-state index in [9.17, 15) is 43.2 Å². The van der Waals surface area contributed by atoms with Gasteiger partial charge < -0.3 is 0 Å². The summed E-state index contributed by atoms with van der Waals surface area (Å²) in [6, 6.07) is 6.55. The van der Waals surface area contributed by atoms with Crippen LogP contribution in [0, 0.1) is 3.57 Å². The van der Waals surface area contributed by atoms with Crippen molar-refractivity contribution in [3.63, 3.8) is 0 Å². The van der Waals surface area contributed by atoms with Gasteiger partial charge >= 0.3 is 197 Å². The third-order valence-electron chi connectivity index (χ3n) is 3.23. The van der Waals surface area contributed by atoms with Crippen molar-refractivity contribution in [3.8, 4) is 0 Å². The molecule has 0 saturated carbocycles. The predicted molar refractivity (Wildman–Crippen MR) is 118 cm³/mol. The van der Waals surface area contributed by atoms with Gasteiger partial charge in [0.05, 0.1) is 0 Å². The fourth-order valence-corrected chi connectivity index (χ4v) is 10.0. The maximum atomic E-state index is 13.0. The maximum absolute atomic E-state index is 13.0. The van der Waals surface area contributed by atoms with Gasteiger partial charge in [0.2, 0.25) is 0 Å². The molecule has 0 aliphatic heterocycles. The molecule has 0 heterocycles.